The second kappa shape index (κ2) is 11.7. The molecule has 0 aromatic heterocycles. The highest BCUT2D eigenvalue weighted by molar-refractivity contribution is 6.06. The summed E-state index contributed by atoms with van der Waals surface area (Å²) in [5.74, 6) is -0.818. The summed E-state index contributed by atoms with van der Waals surface area (Å²) in [5, 5.41) is 14.6. The summed E-state index contributed by atoms with van der Waals surface area (Å²) in [6, 6.07) is 9.44. The Kier molecular flexibility index (Phi) is 9.46. The topological polar surface area (TPSA) is 91.2 Å². The van der Waals surface area contributed by atoms with Crippen LogP contribution in [0.4, 0.5) is 5.69 Å². The van der Waals surface area contributed by atoms with Crippen LogP contribution in [0.1, 0.15) is 38.7 Å². The lowest BCUT2D eigenvalue weighted by molar-refractivity contribution is -0.142. The quantitative estimate of drug-likeness (QED) is 0.295. The van der Waals surface area contributed by atoms with E-state index in [1.165, 1.54) is 11.8 Å². The number of unbranched alkanes of at least 4 members (excludes halogenated alkanes) is 1. The SMILES string of the molecule is CCCCc1ccc(NC(=O)/C(C#N)=C\NCCC(=O)OCC)cc1. The Bertz CT molecular complexity index is 630. The highest BCUT2D eigenvalue weighted by Gasteiger charge is 2.09. The molecule has 0 radical (unpaired) electrons. The van der Waals surface area contributed by atoms with Crippen LogP contribution >= 0.6 is 0 Å². The summed E-state index contributed by atoms with van der Waals surface area (Å²) in [6.07, 6.45) is 4.76. The number of anilines is 1. The Morgan fingerprint density at radius 1 is 1.24 bits per heavy atom. The first-order valence-corrected chi connectivity index (χ1v) is 8.50. The van der Waals surface area contributed by atoms with Crippen LogP contribution in [0.15, 0.2) is 36.0 Å². The number of amides is 1. The molecule has 6 heteroatoms. The average molecular weight is 343 g/mol. The van der Waals surface area contributed by atoms with Gasteiger partial charge in [0.15, 0.2) is 0 Å². The zero-order valence-corrected chi connectivity index (χ0v) is 14.8. The van der Waals surface area contributed by atoms with Crippen LogP contribution in [0.2, 0.25) is 0 Å². The molecule has 0 aliphatic heterocycles. The van der Waals surface area contributed by atoms with Crippen LogP contribution in [0.3, 0.4) is 0 Å². The Morgan fingerprint density at radius 2 is 1.96 bits per heavy atom. The maximum Gasteiger partial charge on any atom is 0.307 e. The third-order valence-electron chi connectivity index (χ3n) is 3.42. The molecule has 2 N–H and O–H groups in total. The van der Waals surface area contributed by atoms with Crippen molar-refractivity contribution in [2.24, 2.45) is 0 Å². The molecule has 25 heavy (non-hydrogen) atoms. The van der Waals surface area contributed by atoms with Crippen molar-refractivity contribution in [3.05, 3.63) is 41.6 Å². The highest BCUT2D eigenvalue weighted by Crippen LogP contribution is 2.12. The fourth-order valence-corrected chi connectivity index (χ4v) is 2.06. The molecular formula is C19H25N3O3. The molecule has 1 rings (SSSR count). The van der Waals surface area contributed by atoms with Gasteiger partial charge in [-0.3, -0.25) is 9.59 Å². The molecule has 0 aliphatic carbocycles. The smallest absolute Gasteiger partial charge is 0.307 e. The summed E-state index contributed by atoms with van der Waals surface area (Å²) in [7, 11) is 0. The molecule has 0 fully saturated rings. The average Bonchev–Trinajstić information content (AvgIpc) is 2.61. The third-order valence-corrected chi connectivity index (χ3v) is 3.42. The Balaban J connectivity index is 2.51. The molecule has 0 saturated carbocycles. The Labute approximate surface area is 148 Å². The fourth-order valence-electron chi connectivity index (χ4n) is 2.06. The van der Waals surface area contributed by atoms with Crippen molar-refractivity contribution >= 4 is 17.6 Å². The van der Waals surface area contributed by atoms with E-state index < -0.39 is 5.91 Å². The minimum Gasteiger partial charge on any atom is -0.466 e. The van der Waals surface area contributed by atoms with Gasteiger partial charge in [0.05, 0.1) is 13.0 Å². The summed E-state index contributed by atoms with van der Waals surface area (Å²) >= 11 is 0. The number of aryl methyl sites for hydroxylation is 1. The van der Waals surface area contributed by atoms with Gasteiger partial charge in [0.2, 0.25) is 0 Å². The zero-order valence-electron chi connectivity index (χ0n) is 14.8. The monoisotopic (exact) mass is 343 g/mol. The largest absolute Gasteiger partial charge is 0.466 e. The van der Waals surface area contributed by atoms with Crippen molar-refractivity contribution in [3.8, 4) is 6.07 Å². The predicted molar refractivity (Wildman–Crippen MR) is 96.6 cm³/mol. The molecule has 0 heterocycles. The second-order valence-corrected chi connectivity index (χ2v) is 5.43. The van der Waals surface area contributed by atoms with Crippen molar-refractivity contribution in [2.45, 2.75) is 39.5 Å². The molecule has 0 aliphatic rings. The van der Waals surface area contributed by atoms with E-state index in [0.717, 1.165) is 19.3 Å². The van der Waals surface area contributed by atoms with E-state index in [1.807, 2.05) is 30.3 Å². The van der Waals surface area contributed by atoms with Gasteiger partial charge >= 0.3 is 5.97 Å². The number of ether oxygens (including phenoxy) is 1. The molecule has 6 nitrogen and oxygen atoms in total. The molecular weight excluding hydrogens is 318 g/mol. The summed E-state index contributed by atoms with van der Waals surface area (Å²) in [6.45, 7) is 4.51. The van der Waals surface area contributed by atoms with Gasteiger partial charge in [-0.1, -0.05) is 25.5 Å². The highest BCUT2D eigenvalue weighted by atomic mass is 16.5. The van der Waals surface area contributed by atoms with E-state index in [2.05, 4.69) is 17.6 Å². The van der Waals surface area contributed by atoms with Gasteiger partial charge in [-0.15, -0.1) is 0 Å². The van der Waals surface area contributed by atoms with Gasteiger partial charge in [-0.25, -0.2) is 0 Å². The number of esters is 1. The first-order valence-electron chi connectivity index (χ1n) is 8.50. The van der Waals surface area contributed by atoms with E-state index in [-0.39, 0.29) is 18.0 Å². The summed E-state index contributed by atoms with van der Waals surface area (Å²) in [5.41, 5.74) is 1.80. The van der Waals surface area contributed by atoms with Crippen molar-refractivity contribution in [2.75, 3.05) is 18.5 Å². The van der Waals surface area contributed by atoms with Gasteiger partial charge in [-0.2, -0.15) is 5.26 Å². The second-order valence-electron chi connectivity index (χ2n) is 5.43. The first-order chi connectivity index (χ1) is 12.1. The molecule has 0 saturated heterocycles. The predicted octanol–water partition coefficient (Wildman–Crippen LogP) is 2.92. The lowest BCUT2D eigenvalue weighted by Gasteiger charge is -2.06. The number of hydrogen-bond acceptors (Lipinski definition) is 5. The first kappa shape index (κ1) is 20.2. The van der Waals surface area contributed by atoms with Crippen molar-refractivity contribution < 1.29 is 14.3 Å². The molecule has 1 aromatic carbocycles. The summed E-state index contributed by atoms with van der Waals surface area (Å²) < 4.78 is 4.79. The lowest BCUT2D eigenvalue weighted by atomic mass is 10.1. The van der Waals surface area contributed by atoms with Gasteiger partial charge in [0.25, 0.3) is 5.91 Å². The standard InChI is InChI=1S/C19H25N3O3/c1-3-5-6-15-7-9-17(10-8-15)22-19(24)16(13-20)14-21-12-11-18(23)25-4-2/h7-10,14,21H,3-6,11-12H2,1-2H3,(H,22,24)/b16-14-. The van der Waals surface area contributed by atoms with Crippen LogP contribution in [-0.4, -0.2) is 25.0 Å². The van der Waals surface area contributed by atoms with E-state index >= 15 is 0 Å². The van der Waals surface area contributed by atoms with E-state index in [1.54, 1.807) is 6.92 Å². The fraction of sp³-hybridized carbons (Fsp3) is 0.421. The number of carbonyl (C=O) groups is 2. The zero-order chi connectivity index (χ0) is 18.5. The van der Waals surface area contributed by atoms with Crippen molar-refractivity contribution in [1.82, 2.24) is 5.32 Å². The van der Waals surface area contributed by atoms with Crippen LogP contribution < -0.4 is 10.6 Å². The number of nitrogens with one attached hydrogen (secondary N) is 2. The van der Waals surface area contributed by atoms with Gasteiger partial charge in [0, 0.05) is 18.4 Å². The normalized spacial score (nSPS) is 10.7. The van der Waals surface area contributed by atoms with Crippen LogP contribution in [0.5, 0.6) is 0 Å². The van der Waals surface area contributed by atoms with E-state index in [0.29, 0.717) is 18.8 Å². The number of hydrogen-bond donors (Lipinski definition) is 2. The van der Waals surface area contributed by atoms with Gasteiger partial charge in [0.1, 0.15) is 11.6 Å². The molecule has 1 amide bonds. The molecule has 1 aromatic rings. The van der Waals surface area contributed by atoms with Crippen LogP contribution in [0.25, 0.3) is 0 Å². The summed E-state index contributed by atoms with van der Waals surface area (Å²) in [4.78, 5) is 23.3. The number of nitrogens with zero attached hydrogens (tertiary/aromatic N) is 1. The van der Waals surface area contributed by atoms with E-state index in [4.69, 9.17) is 10.00 Å². The van der Waals surface area contributed by atoms with Crippen LogP contribution in [-0.2, 0) is 20.7 Å². The van der Waals surface area contributed by atoms with Gasteiger partial charge < -0.3 is 15.4 Å². The number of benzene rings is 1. The molecule has 0 bridgehead atoms. The molecule has 134 valence electrons. The lowest BCUT2D eigenvalue weighted by Crippen LogP contribution is -2.19. The number of carbonyl (C=O) groups excluding carboxylic acids is 2. The minimum atomic E-state index is -0.493. The Morgan fingerprint density at radius 3 is 2.56 bits per heavy atom. The maximum atomic E-state index is 12.1. The minimum absolute atomic E-state index is 0.0566. The molecule has 0 spiro atoms. The van der Waals surface area contributed by atoms with Crippen molar-refractivity contribution in [3.63, 3.8) is 0 Å². The number of rotatable bonds is 10. The Hall–Kier alpha value is -2.81. The van der Waals surface area contributed by atoms with E-state index in [9.17, 15) is 9.59 Å². The maximum absolute atomic E-state index is 12.1. The van der Waals surface area contributed by atoms with Crippen molar-refractivity contribution in [1.29, 1.82) is 5.26 Å². The molecule has 0 atom stereocenters. The molecule has 0 unspecified atom stereocenters. The van der Waals surface area contributed by atoms with Crippen LogP contribution in [0, 0.1) is 11.3 Å². The van der Waals surface area contributed by atoms with Gasteiger partial charge in [-0.05, 0) is 37.5 Å². The third kappa shape index (κ3) is 8.02. The number of nitriles is 1.